The molecule has 0 saturated carbocycles. The molecule has 0 aliphatic carbocycles. The van der Waals surface area contributed by atoms with Crippen molar-refractivity contribution in [3.63, 3.8) is 0 Å². The molecule has 1 aromatic carbocycles. The van der Waals surface area contributed by atoms with Crippen LogP contribution in [-0.2, 0) is 4.74 Å². The van der Waals surface area contributed by atoms with E-state index in [9.17, 15) is 14.4 Å². The van der Waals surface area contributed by atoms with E-state index in [-0.39, 0.29) is 22.4 Å². The molecular formula is C19H28N2O4. The van der Waals surface area contributed by atoms with Crippen LogP contribution in [0.1, 0.15) is 52.0 Å². The first-order valence-corrected chi connectivity index (χ1v) is 9.15. The first-order valence-electron chi connectivity index (χ1n) is 9.15. The van der Waals surface area contributed by atoms with Crippen molar-refractivity contribution in [2.24, 2.45) is 5.41 Å². The van der Waals surface area contributed by atoms with E-state index < -0.39 is 5.60 Å². The predicted molar refractivity (Wildman–Crippen MR) is 97.0 cm³/mol. The first kappa shape index (κ1) is 18.0. The second-order valence-electron chi connectivity index (χ2n) is 8.59. The van der Waals surface area contributed by atoms with Crippen LogP contribution in [0.15, 0.2) is 9.59 Å². The number of carbonyl (C=O) groups excluding carboxylic acids is 1. The Morgan fingerprint density at radius 3 is 1.96 bits per heavy atom. The molecule has 0 radical (unpaired) electrons. The number of anilines is 1. The van der Waals surface area contributed by atoms with E-state index in [1.165, 1.54) is 0 Å². The number of amides is 1. The molecule has 0 N–H and O–H groups in total. The van der Waals surface area contributed by atoms with E-state index >= 15 is 0 Å². The second-order valence-corrected chi connectivity index (χ2v) is 8.59. The highest BCUT2D eigenvalue weighted by molar-refractivity contribution is 5.68. The maximum Gasteiger partial charge on any atom is 0.410 e. The Labute approximate surface area is 148 Å². The van der Waals surface area contributed by atoms with Crippen molar-refractivity contribution in [3.8, 4) is 0 Å². The lowest BCUT2D eigenvalue weighted by Gasteiger charge is -2.47. The van der Waals surface area contributed by atoms with Gasteiger partial charge in [-0.1, -0.05) is 0 Å². The van der Waals surface area contributed by atoms with Gasteiger partial charge in [0.25, 0.3) is 0 Å². The molecule has 2 aliphatic heterocycles. The summed E-state index contributed by atoms with van der Waals surface area (Å²) < 4.78 is 5.46. The van der Waals surface area contributed by atoms with E-state index in [2.05, 4.69) is 4.90 Å². The molecule has 1 aromatic rings. The van der Waals surface area contributed by atoms with Gasteiger partial charge in [0.2, 0.25) is 10.9 Å². The van der Waals surface area contributed by atoms with Gasteiger partial charge in [-0.05, 0) is 58.8 Å². The Morgan fingerprint density at radius 1 is 0.960 bits per heavy atom. The van der Waals surface area contributed by atoms with Crippen LogP contribution < -0.4 is 15.8 Å². The molecule has 0 unspecified atom stereocenters. The number of likely N-dealkylation sites (tertiary alicyclic amines) is 1. The zero-order valence-electron chi connectivity index (χ0n) is 15.7. The molecule has 2 heterocycles. The molecular weight excluding hydrogens is 320 g/mol. The summed E-state index contributed by atoms with van der Waals surface area (Å²) in [5.41, 5.74) is 0.372. The Bertz CT molecular complexity index is 722. The zero-order chi connectivity index (χ0) is 18.4. The van der Waals surface area contributed by atoms with Crippen LogP contribution in [0.2, 0.25) is 0 Å². The van der Waals surface area contributed by atoms with Crippen LogP contribution >= 0.6 is 0 Å². The van der Waals surface area contributed by atoms with Crippen LogP contribution in [0, 0.1) is 12.3 Å². The summed E-state index contributed by atoms with van der Waals surface area (Å²) >= 11 is 0. The lowest BCUT2D eigenvalue weighted by molar-refractivity contribution is 0.00664. The van der Waals surface area contributed by atoms with E-state index in [0.29, 0.717) is 11.3 Å². The maximum absolute atomic E-state index is 12.2. The van der Waals surface area contributed by atoms with Crippen molar-refractivity contribution < 1.29 is 9.53 Å². The monoisotopic (exact) mass is 348 g/mol. The van der Waals surface area contributed by atoms with Crippen molar-refractivity contribution in [2.75, 3.05) is 31.1 Å². The van der Waals surface area contributed by atoms with Gasteiger partial charge in [0.05, 0.1) is 5.69 Å². The van der Waals surface area contributed by atoms with Gasteiger partial charge in [-0.3, -0.25) is 9.59 Å². The summed E-state index contributed by atoms with van der Waals surface area (Å²) in [5.74, 6) is 0. The third-order valence-corrected chi connectivity index (χ3v) is 5.73. The van der Waals surface area contributed by atoms with Crippen molar-refractivity contribution >= 4 is 11.8 Å². The summed E-state index contributed by atoms with van der Waals surface area (Å²) in [6, 6.07) is 0. The molecule has 6 nitrogen and oxygen atoms in total. The molecule has 2 saturated heterocycles. The third kappa shape index (κ3) is 3.44. The number of piperidine rings is 2. The summed E-state index contributed by atoms with van der Waals surface area (Å²) in [6.07, 6.45) is 3.75. The Kier molecular flexibility index (Phi) is 4.41. The van der Waals surface area contributed by atoms with Gasteiger partial charge < -0.3 is 14.5 Å². The highest BCUT2D eigenvalue weighted by Crippen LogP contribution is 2.42. The second kappa shape index (κ2) is 6.15. The molecule has 0 aromatic heterocycles. The molecule has 6 heteroatoms. The van der Waals surface area contributed by atoms with Gasteiger partial charge in [-0.2, -0.15) is 0 Å². The van der Waals surface area contributed by atoms with Crippen molar-refractivity contribution in [2.45, 2.75) is 59.0 Å². The molecule has 2 fully saturated rings. The predicted octanol–water partition coefficient (Wildman–Crippen LogP) is 2.21. The molecule has 0 atom stereocenters. The van der Waals surface area contributed by atoms with E-state index in [1.54, 1.807) is 6.92 Å². The zero-order valence-corrected chi connectivity index (χ0v) is 15.7. The lowest BCUT2D eigenvalue weighted by Crippen LogP contribution is -2.51. The Morgan fingerprint density at radius 2 is 1.48 bits per heavy atom. The first-order chi connectivity index (χ1) is 11.6. The number of hydrogen-bond acceptors (Lipinski definition) is 5. The van der Waals surface area contributed by atoms with Crippen molar-refractivity contribution in [1.29, 1.82) is 0 Å². The minimum absolute atomic E-state index is 0.223. The normalized spacial score (nSPS) is 21.0. The van der Waals surface area contributed by atoms with Gasteiger partial charge in [-0.25, -0.2) is 4.79 Å². The topological polar surface area (TPSA) is 66.9 Å². The van der Waals surface area contributed by atoms with Crippen molar-refractivity contribution in [1.82, 2.24) is 4.90 Å². The van der Waals surface area contributed by atoms with Gasteiger partial charge >= 0.3 is 6.09 Å². The Balaban J connectivity index is 1.55. The van der Waals surface area contributed by atoms with E-state index in [1.807, 2.05) is 25.7 Å². The van der Waals surface area contributed by atoms with Gasteiger partial charge in [-0.15, -0.1) is 0 Å². The van der Waals surface area contributed by atoms with Crippen LogP contribution in [0.3, 0.4) is 0 Å². The molecule has 3 rings (SSSR count). The molecule has 1 amide bonds. The summed E-state index contributed by atoms with van der Waals surface area (Å²) in [7, 11) is 0. The van der Waals surface area contributed by atoms with Crippen LogP contribution in [-0.4, -0.2) is 42.8 Å². The number of rotatable bonds is 1. The Hall–Kier alpha value is -1.85. The number of carbonyl (C=O) groups is 1. The highest BCUT2D eigenvalue weighted by Gasteiger charge is 2.40. The van der Waals surface area contributed by atoms with Gasteiger partial charge in [0.1, 0.15) is 5.60 Å². The smallest absolute Gasteiger partial charge is 0.410 e. The summed E-state index contributed by atoms with van der Waals surface area (Å²) in [5, 5.41) is 0. The number of nitrogens with zero attached hydrogens (tertiary/aromatic N) is 2. The van der Waals surface area contributed by atoms with Crippen molar-refractivity contribution in [3.05, 3.63) is 26.0 Å². The summed E-state index contributed by atoms with van der Waals surface area (Å²) in [4.78, 5) is 39.3. The van der Waals surface area contributed by atoms with Gasteiger partial charge in [0, 0.05) is 31.7 Å². The standard InChI is InChI=1S/C19H28N2O4/c1-13-14(16(23)15(13)22)20-9-5-19(6-10-20)7-11-21(12-8-19)17(24)25-18(2,3)4/h5-12H2,1-4H3. The fraction of sp³-hybridized carbons (Fsp3) is 0.737. The van der Waals surface area contributed by atoms with Crippen LogP contribution in [0.4, 0.5) is 10.5 Å². The van der Waals surface area contributed by atoms with Crippen LogP contribution in [0.25, 0.3) is 0 Å². The highest BCUT2D eigenvalue weighted by atomic mass is 16.6. The third-order valence-electron chi connectivity index (χ3n) is 5.73. The van der Waals surface area contributed by atoms with E-state index in [0.717, 1.165) is 51.9 Å². The van der Waals surface area contributed by atoms with Crippen LogP contribution in [0.5, 0.6) is 0 Å². The molecule has 0 bridgehead atoms. The quantitative estimate of drug-likeness (QED) is 0.728. The minimum atomic E-state index is -0.462. The molecule has 138 valence electrons. The molecule has 1 spiro atoms. The maximum atomic E-state index is 12.2. The summed E-state index contributed by atoms with van der Waals surface area (Å²) in [6.45, 7) is 10.5. The number of ether oxygens (including phenoxy) is 1. The average molecular weight is 348 g/mol. The fourth-order valence-corrected chi connectivity index (χ4v) is 4.07. The lowest BCUT2D eigenvalue weighted by atomic mass is 9.71. The SMILES string of the molecule is Cc1c(N2CCC3(CCN(C(=O)OC(C)(C)C)CC3)CC2)c(=O)c1=O. The average Bonchev–Trinajstić information content (AvgIpc) is 2.56. The fourth-order valence-electron chi connectivity index (χ4n) is 4.07. The minimum Gasteiger partial charge on any atom is -0.444 e. The largest absolute Gasteiger partial charge is 0.444 e. The van der Waals surface area contributed by atoms with E-state index in [4.69, 9.17) is 4.74 Å². The molecule has 2 aliphatic rings. The van der Waals surface area contributed by atoms with Gasteiger partial charge in [0.15, 0.2) is 0 Å². The number of hydrogen-bond donors (Lipinski definition) is 0. The molecule has 25 heavy (non-hydrogen) atoms.